The van der Waals surface area contributed by atoms with E-state index in [-0.39, 0.29) is 12.1 Å². The molecule has 0 spiro atoms. The fourth-order valence-electron chi connectivity index (χ4n) is 2.44. The molecule has 1 saturated carbocycles. The third-order valence-corrected chi connectivity index (χ3v) is 3.47. The number of hydrogen-bond acceptors (Lipinski definition) is 3. The lowest BCUT2D eigenvalue weighted by atomic mass is 9.86. The maximum Gasteiger partial charge on any atom is 0.0911 e. The Morgan fingerprint density at radius 3 is 2.94 bits per heavy atom. The van der Waals surface area contributed by atoms with Gasteiger partial charge in [-0.25, -0.2) is 0 Å². The molecular formula is C13H17NO2. The Morgan fingerprint density at radius 1 is 1.38 bits per heavy atom. The maximum absolute atomic E-state index is 9.72. The third kappa shape index (κ3) is 1.65. The zero-order valence-corrected chi connectivity index (χ0v) is 9.28. The first-order valence-corrected chi connectivity index (χ1v) is 5.89. The van der Waals surface area contributed by atoms with E-state index < -0.39 is 0 Å². The fourth-order valence-corrected chi connectivity index (χ4v) is 2.44. The molecule has 1 aliphatic carbocycles. The van der Waals surface area contributed by atoms with E-state index in [1.54, 1.807) is 0 Å². The summed E-state index contributed by atoms with van der Waals surface area (Å²) >= 11 is 0. The summed E-state index contributed by atoms with van der Waals surface area (Å²) in [4.78, 5) is 0. The third-order valence-electron chi connectivity index (χ3n) is 3.47. The number of aliphatic hydroxyl groups excluding tert-OH is 1. The Balaban J connectivity index is 1.98. The molecule has 0 radical (unpaired) electrons. The zero-order valence-electron chi connectivity index (χ0n) is 9.28. The van der Waals surface area contributed by atoms with E-state index >= 15 is 0 Å². The number of ether oxygens (including phenoxy) is 1. The highest BCUT2D eigenvalue weighted by atomic mass is 16.5. The van der Waals surface area contributed by atoms with Crippen LogP contribution in [-0.4, -0.2) is 24.4 Å². The summed E-state index contributed by atoms with van der Waals surface area (Å²) in [5, 5.41) is 13.3. The Bertz CT molecular complexity index is 389. The Labute approximate surface area is 95.4 Å². The van der Waals surface area contributed by atoms with Crippen LogP contribution in [0, 0.1) is 0 Å². The second-order valence-electron chi connectivity index (χ2n) is 4.81. The van der Waals surface area contributed by atoms with Crippen LogP contribution in [0.4, 0.5) is 0 Å². The molecule has 0 aromatic heterocycles. The van der Waals surface area contributed by atoms with Crippen LogP contribution in [0.1, 0.15) is 24.0 Å². The van der Waals surface area contributed by atoms with E-state index in [2.05, 4.69) is 17.4 Å². The molecule has 1 aromatic carbocycles. The summed E-state index contributed by atoms with van der Waals surface area (Å²) in [5.74, 6) is 0. The van der Waals surface area contributed by atoms with Crippen LogP contribution in [0.15, 0.2) is 24.3 Å². The van der Waals surface area contributed by atoms with Gasteiger partial charge in [-0.15, -0.1) is 0 Å². The lowest BCUT2D eigenvalue weighted by Crippen LogP contribution is -2.52. The van der Waals surface area contributed by atoms with Crippen LogP contribution in [0.5, 0.6) is 0 Å². The van der Waals surface area contributed by atoms with Crippen molar-refractivity contribution in [3.05, 3.63) is 35.4 Å². The van der Waals surface area contributed by atoms with Gasteiger partial charge in [0.05, 0.1) is 25.4 Å². The number of fused-ring (bicyclic) bond motifs is 1. The number of benzene rings is 1. The molecule has 1 unspecified atom stereocenters. The van der Waals surface area contributed by atoms with Crippen molar-refractivity contribution in [2.24, 2.45) is 0 Å². The molecule has 1 aromatic rings. The average Bonchev–Trinajstić information content (AvgIpc) is 3.13. The molecule has 2 aliphatic rings. The summed E-state index contributed by atoms with van der Waals surface area (Å²) < 4.78 is 5.61. The van der Waals surface area contributed by atoms with Gasteiger partial charge in [0.15, 0.2) is 0 Å². The summed E-state index contributed by atoms with van der Waals surface area (Å²) in [5.41, 5.74) is 2.02. The molecule has 2 N–H and O–H groups in total. The summed E-state index contributed by atoms with van der Waals surface area (Å²) in [7, 11) is 0. The quantitative estimate of drug-likeness (QED) is 0.801. The minimum absolute atomic E-state index is 0.0977. The van der Waals surface area contributed by atoms with Gasteiger partial charge in [0.2, 0.25) is 0 Å². The minimum Gasteiger partial charge on any atom is -0.394 e. The Hall–Kier alpha value is -0.900. The number of rotatable bonds is 3. The molecular weight excluding hydrogens is 202 g/mol. The van der Waals surface area contributed by atoms with E-state index in [0.29, 0.717) is 19.3 Å². The van der Waals surface area contributed by atoms with Gasteiger partial charge in [0, 0.05) is 6.04 Å². The smallest absolute Gasteiger partial charge is 0.0911 e. The monoisotopic (exact) mass is 219 g/mol. The van der Waals surface area contributed by atoms with Crippen molar-refractivity contribution in [1.29, 1.82) is 0 Å². The van der Waals surface area contributed by atoms with Gasteiger partial charge in [0.25, 0.3) is 0 Å². The van der Waals surface area contributed by atoms with Crippen molar-refractivity contribution in [2.75, 3.05) is 13.2 Å². The average molecular weight is 219 g/mol. The lowest BCUT2D eigenvalue weighted by Gasteiger charge is -2.38. The largest absolute Gasteiger partial charge is 0.394 e. The molecule has 1 atom stereocenters. The summed E-state index contributed by atoms with van der Waals surface area (Å²) in [6.07, 6.45) is 2.42. The number of hydrogen-bond donors (Lipinski definition) is 2. The topological polar surface area (TPSA) is 41.5 Å². The molecule has 86 valence electrons. The Kier molecular flexibility index (Phi) is 2.46. The molecule has 1 aliphatic heterocycles. The van der Waals surface area contributed by atoms with Gasteiger partial charge in [0.1, 0.15) is 0 Å². The van der Waals surface area contributed by atoms with Crippen LogP contribution >= 0.6 is 0 Å². The normalized spacial score (nSPS) is 28.8. The maximum atomic E-state index is 9.72. The van der Waals surface area contributed by atoms with Gasteiger partial charge in [-0.2, -0.15) is 0 Å². The summed E-state index contributed by atoms with van der Waals surface area (Å²) in [6.45, 7) is 1.32. The van der Waals surface area contributed by atoms with E-state index in [4.69, 9.17) is 4.74 Å². The first kappa shape index (κ1) is 10.3. The first-order chi connectivity index (χ1) is 7.84. The van der Waals surface area contributed by atoms with Crippen molar-refractivity contribution in [3.8, 4) is 0 Å². The highest BCUT2D eigenvalue weighted by Gasteiger charge is 2.40. The van der Waals surface area contributed by atoms with E-state index in [0.717, 1.165) is 0 Å². The minimum atomic E-state index is -0.379. The predicted molar refractivity (Wildman–Crippen MR) is 61.0 cm³/mol. The molecule has 16 heavy (non-hydrogen) atoms. The lowest BCUT2D eigenvalue weighted by molar-refractivity contribution is 0.00617. The van der Waals surface area contributed by atoms with E-state index in [1.807, 2.05) is 12.1 Å². The number of aliphatic hydroxyl groups is 1. The Morgan fingerprint density at radius 2 is 2.19 bits per heavy atom. The predicted octanol–water partition coefficient (Wildman–Crippen LogP) is 1.16. The zero-order chi connectivity index (χ0) is 11.0. The van der Waals surface area contributed by atoms with E-state index in [1.165, 1.54) is 24.0 Å². The van der Waals surface area contributed by atoms with Crippen LogP contribution < -0.4 is 5.32 Å². The molecule has 0 bridgehead atoms. The second-order valence-corrected chi connectivity index (χ2v) is 4.81. The van der Waals surface area contributed by atoms with Gasteiger partial charge in [-0.1, -0.05) is 24.3 Å². The van der Waals surface area contributed by atoms with Crippen LogP contribution in [0.2, 0.25) is 0 Å². The molecule has 0 amide bonds. The summed E-state index contributed by atoms with van der Waals surface area (Å²) in [6, 6.07) is 8.79. The van der Waals surface area contributed by atoms with Gasteiger partial charge in [-0.3, -0.25) is 0 Å². The van der Waals surface area contributed by atoms with Gasteiger partial charge in [-0.05, 0) is 24.0 Å². The van der Waals surface area contributed by atoms with Crippen LogP contribution in [-0.2, 0) is 16.9 Å². The standard InChI is InChI=1S/C13H17NO2/c15-8-13(14-11-5-6-11)9-16-7-10-3-1-2-4-12(10)13/h1-4,11,14-15H,5-9H2. The van der Waals surface area contributed by atoms with Crippen molar-refractivity contribution < 1.29 is 9.84 Å². The molecule has 3 nitrogen and oxygen atoms in total. The second kappa shape index (κ2) is 3.84. The van der Waals surface area contributed by atoms with E-state index in [9.17, 15) is 5.11 Å². The van der Waals surface area contributed by atoms with Gasteiger partial charge < -0.3 is 15.2 Å². The molecule has 3 rings (SSSR count). The highest BCUT2D eigenvalue weighted by molar-refractivity contribution is 5.35. The molecule has 0 saturated heterocycles. The first-order valence-electron chi connectivity index (χ1n) is 5.89. The van der Waals surface area contributed by atoms with Crippen molar-refractivity contribution >= 4 is 0 Å². The van der Waals surface area contributed by atoms with Crippen LogP contribution in [0.3, 0.4) is 0 Å². The molecule has 1 heterocycles. The molecule has 1 fully saturated rings. The van der Waals surface area contributed by atoms with Gasteiger partial charge >= 0.3 is 0 Å². The fraction of sp³-hybridized carbons (Fsp3) is 0.538. The molecule has 3 heteroatoms. The van der Waals surface area contributed by atoms with Crippen LogP contribution in [0.25, 0.3) is 0 Å². The van der Waals surface area contributed by atoms with Crippen molar-refractivity contribution in [2.45, 2.75) is 31.0 Å². The highest BCUT2D eigenvalue weighted by Crippen LogP contribution is 2.33. The van der Waals surface area contributed by atoms with Crippen molar-refractivity contribution in [3.63, 3.8) is 0 Å². The number of nitrogens with one attached hydrogen (secondary N) is 1. The van der Waals surface area contributed by atoms with Crippen molar-refractivity contribution in [1.82, 2.24) is 5.32 Å². The SMILES string of the molecule is OCC1(NC2CC2)COCc2ccccc21.